The van der Waals surface area contributed by atoms with Crippen LogP contribution in [0.25, 0.3) is 0 Å². The van der Waals surface area contributed by atoms with Gasteiger partial charge in [0.1, 0.15) is 11.2 Å². The number of rotatable bonds is 2. The quantitative estimate of drug-likeness (QED) is 0.796. The van der Waals surface area contributed by atoms with E-state index in [9.17, 15) is 4.39 Å². The number of alkyl halides is 1. The van der Waals surface area contributed by atoms with E-state index in [0.717, 1.165) is 16.6 Å². The van der Waals surface area contributed by atoms with Gasteiger partial charge < -0.3 is 5.32 Å². The summed E-state index contributed by atoms with van der Waals surface area (Å²) < 4.78 is 12.8. The summed E-state index contributed by atoms with van der Waals surface area (Å²) in [6.45, 7) is 1.91. The molecular weight excluding hydrogens is 189 g/mol. The monoisotopic (exact) mass is 201 g/mol. The molecule has 0 amide bonds. The molecule has 1 aliphatic carbocycles. The van der Waals surface area contributed by atoms with Crippen LogP contribution >= 0.6 is 11.3 Å². The third-order valence-electron chi connectivity index (χ3n) is 2.22. The van der Waals surface area contributed by atoms with Gasteiger partial charge in [-0.05, 0) is 26.2 Å². The molecule has 1 saturated carbocycles. The maximum absolute atomic E-state index is 12.8. The summed E-state index contributed by atoms with van der Waals surface area (Å²) in [6.07, 6.45) is 1.56. The van der Waals surface area contributed by atoms with Gasteiger partial charge in [-0.2, -0.15) is 0 Å². The second kappa shape index (κ2) is 3.57. The molecule has 72 valence electrons. The van der Waals surface area contributed by atoms with Crippen LogP contribution in [0.1, 0.15) is 24.3 Å². The van der Waals surface area contributed by atoms with Gasteiger partial charge in [0.25, 0.3) is 0 Å². The maximum Gasteiger partial charge on any atom is 0.205 e. The Morgan fingerprint density at radius 3 is 2.85 bits per heavy atom. The molecule has 0 saturated heterocycles. The summed E-state index contributed by atoms with van der Waals surface area (Å²) in [5, 5.41) is 12.8. The summed E-state index contributed by atoms with van der Waals surface area (Å²) in [7, 11) is 0. The van der Waals surface area contributed by atoms with Crippen LogP contribution in [0.3, 0.4) is 0 Å². The molecule has 1 N–H and O–H groups in total. The maximum atomic E-state index is 12.8. The lowest BCUT2D eigenvalue weighted by molar-refractivity contribution is 0.341. The topological polar surface area (TPSA) is 37.8 Å². The molecule has 1 aliphatic rings. The molecule has 1 fully saturated rings. The normalized spacial score (nSPS) is 27.8. The summed E-state index contributed by atoms with van der Waals surface area (Å²) in [6, 6.07) is 0.252. The summed E-state index contributed by atoms with van der Waals surface area (Å²) in [5.41, 5.74) is 0. The summed E-state index contributed by atoms with van der Waals surface area (Å²) >= 11 is 1.52. The zero-order valence-corrected chi connectivity index (χ0v) is 8.27. The average molecular weight is 201 g/mol. The highest BCUT2D eigenvalue weighted by molar-refractivity contribution is 7.15. The third kappa shape index (κ3) is 2.15. The highest BCUT2D eigenvalue weighted by atomic mass is 32.1. The Morgan fingerprint density at radius 1 is 1.46 bits per heavy atom. The fraction of sp³-hybridized carbons (Fsp3) is 0.750. The van der Waals surface area contributed by atoms with Gasteiger partial charge in [-0.1, -0.05) is 11.3 Å². The molecule has 1 aromatic rings. The molecule has 5 heteroatoms. The summed E-state index contributed by atoms with van der Waals surface area (Å²) in [4.78, 5) is 0. The van der Waals surface area contributed by atoms with Gasteiger partial charge in [0.15, 0.2) is 0 Å². The van der Waals surface area contributed by atoms with Gasteiger partial charge in [0, 0.05) is 6.04 Å². The number of hydrogen-bond donors (Lipinski definition) is 1. The third-order valence-corrected chi connectivity index (χ3v) is 2.99. The van der Waals surface area contributed by atoms with Crippen LogP contribution in [-0.2, 0) is 0 Å². The molecule has 0 aliphatic heterocycles. The lowest BCUT2D eigenvalue weighted by Crippen LogP contribution is -2.15. The van der Waals surface area contributed by atoms with Crippen LogP contribution in [0, 0.1) is 6.92 Å². The molecular formula is C8H12FN3S. The first kappa shape index (κ1) is 8.87. The molecule has 1 heterocycles. The van der Waals surface area contributed by atoms with E-state index in [1.165, 1.54) is 11.3 Å². The highest BCUT2D eigenvalue weighted by Gasteiger charge is 2.24. The Balaban J connectivity index is 1.91. The molecule has 13 heavy (non-hydrogen) atoms. The molecule has 2 rings (SSSR count). The zero-order valence-electron chi connectivity index (χ0n) is 7.46. The predicted molar refractivity (Wildman–Crippen MR) is 50.8 cm³/mol. The van der Waals surface area contributed by atoms with Gasteiger partial charge in [-0.25, -0.2) is 4.39 Å². The van der Waals surface area contributed by atoms with Crippen molar-refractivity contribution in [3.8, 4) is 0 Å². The second-order valence-corrected chi connectivity index (χ2v) is 4.56. The number of nitrogens with one attached hydrogen (secondary N) is 1. The van der Waals surface area contributed by atoms with Crippen molar-refractivity contribution >= 4 is 16.5 Å². The van der Waals surface area contributed by atoms with Crippen molar-refractivity contribution < 1.29 is 4.39 Å². The van der Waals surface area contributed by atoms with E-state index < -0.39 is 6.17 Å². The van der Waals surface area contributed by atoms with Gasteiger partial charge in [-0.3, -0.25) is 0 Å². The van der Waals surface area contributed by atoms with Crippen molar-refractivity contribution in [3.05, 3.63) is 5.01 Å². The standard InChI is InChI=1S/C8H12FN3S/c1-5-11-12-8(13-5)10-7-3-2-6(9)4-7/h6-7H,2-4H2,1H3,(H,10,12). The Hall–Kier alpha value is -0.710. The number of nitrogens with zero attached hydrogens (tertiary/aromatic N) is 2. The smallest absolute Gasteiger partial charge is 0.205 e. The lowest BCUT2D eigenvalue weighted by atomic mass is 10.3. The van der Waals surface area contributed by atoms with Crippen LogP contribution in [0.15, 0.2) is 0 Å². The van der Waals surface area contributed by atoms with Crippen molar-refractivity contribution in [1.29, 1.82) is 0 Å². The van der Waals surface area contributed by atoms with Crippen LogP contribution < -0.4 is 5.32 Å². The van der Waals surface area contributed by atoms with Crippen LogP contribution in [0.4, 0.5) is 9.52 Å². The van der Waals surface area contributed by atoms with Crippen LogP contribution in [0.2, 0.25) is 0 Å². The number of aryl methyl sites for hydroxylation is 1. The molecule has 2 atom stereocenters. The van der Waals surface area contributed by atoms with Crippen molar-refractivity contribution in [1.82, 2.24) is 10.2 Å². The van der Waals surface area contributed by atoms with Crippen molar-refractivity contribution in [2.24, 2.45) is 0 Å². The number of aromatic nitrogens is 2. The van der Waals surface area contributed by atoms with Crippen molar-refractivity contribution in [3.63, 3.8) is 0 Å². The Morgan fingerprint density at radius 2 is 2.31 bits per heavy atom. The predicted octanol–water partition coefficient (Wildman–Crippen LogP) is 2.15. The van der Waals surface area contributed by atoms with Crippen molar-refractivity contribution in [2.75, 3.05) is 5.32 Å². The van der Waals surface area contributed by atoms with E-state index in [-0.39, 0.29) is 6.04 Å². The zero-order chi connectivity index (χ0) is 9.26. The first-order valence-electron chi connectivity index (χ1n) is 4.45. The number of halogens is 1. The van der Waals surface area contributed by atoms with E-state index in [1.807, 2.05) is 6.92 Å². The Kier molecular flexibility index (Phi) is 2.44. The Labute approximate surface area is 80.4 Å². The van der Waals surface area contributed by atoms with Crippen LogP contribution in [0.5, 0.6) is 0 Å². The first-order valence-corrected chi connectivity index (χ1v) is 5.26. The minimum atomic E-state index is -0.633. The number of anilines is 1. The van der Waals surface area contributed by atoms with E-state index in [4.69, 9.17) is 0 Å². The molecule has 0 bridgehead atoms. The molecule has 2 unspecified atom stereocenters. The largest absolute Gasteiger partial charge is 0.357 e. The fourth-order valence-electron chi connectivity index (χ4n) is 1.59. The van der Waals surface area contributed by atoms with Crippen LogP contribution in [-0.4, -0.2) is 22.4 Å². The minimum absolute atomic E-state index is 0.252. The van der Waals surface area contributed by atoms with Gasteiger partial charge >= 0.3 is 0 Å². The fourth-order valence-corrected chi connectivity index (χ4v) is 2.26. The van der Waals surface area contributed by atoms with E-state index in [0.29, 0.717) is 12.8 Å². The van der Waals surface area contributed by atoms with E-state index in [2.05, 4.69) is 15.5 Å². The molecule has 0 radical (unpaired) electrons. The van der Waals surface area contributed by atoms with Gasteiger partial charge in [0.2, 0.25) is 5.13 Å². The average Bonchev–Trinajstić information content (AvgIpc) is 2.62. The van der Waals surface area contributed by atoms with Crippen molar-refractivity contribution in [2.45, 2.75) is 38.4 Å². The second-order valence-electron chi connectivity index (χ2n) is 3.38. The first-order chi connectivity index (χ1) is 6.24. The number of hydrogen-bond acceptors (Lipinski definition) is 4. The minimum Gasteiger partial charge on any atom is -0.357 e. The molecule has 0 aromatic carbocycles. The summed E-state index contributed by atoms with van der Waals surface area (Å²) in [5.74, 6) is 0. The SMILES string of the molecule is Cc1nnc(NC2CCC(F)C2)s1. The van der Waals surface area contributed by atoms with E-state index >= 15 is 0 Å². The van der Waals surface area contributed by atoms with Gasteiger partial charge in [0.05, 0.1) is 0 Å². The molecule has 1 aromatic heterocycles. The Bertz CT molecular complexity index is 289. The van der Waals surface area contributed by atoms with Gasteiger partial charge in [-0.15, -0.1) is 10.2 Å². The molecule has 0 spiro atoms. The molecule has 3 nitrogen and oxygen atoms in total. The highest BCUT2D eigenvalue weighted by Crippen LogP contribution is 2.26. The van der Waals surface area contributed by atoms with E-state index in [1.54, 1.807) is 0 Å². The lowest BCUT2D eigenvalue weighted by Gasteiger charge is -2.08.